The largest absolute Gasteiger partial charge is 0.468 e. The Balaban J connectivity index is 2.44. The SMILES string of the molecule is CNC(C#N)C(C)SCc1occc1C. The predicted octanol–water partition coefficient (Wildman–Crippen LogP) is 2.32. The normalized spacial score (nSPS) is 14.5. The molecule has 82 valence electrons. The summed E-state index contributed by atoms with van der Waals surface area (Å²) in [6.07, 6.45) is 1.70. The maximum absolute atomic E-state index is 8.86. The van der Waals surface area contributed by atoms with Crippen molar-refractivity contribution in [3.8, 4) is 6.07 Å². The lowest BCUT2D eigenvalue weighted by atomic mass is 10.2. The van der Waals surface area contributed by atoms with E-state index in [-0.39, 0.29) is 11.3 Å². The first-order valence-corrected chi connectivity index (χ1v) is 5.95. The van der Waals surface area contributed by atoms with Crippen LogP contribution in [0.2, 0.25) is 0 Å². The molecule has 15 heavy (non-hydrogen) atoms. The van der Waals surface area contributed by atoms with Gasteiger partial charge in [-0.2, -0.15) is 5.26 Å². The van der Waals surface area contributed by atoms with Crippen LogP contribution in [0, 0.1) is 18.3 Å². The fourth-order valence-corrected chi connectivity index (χ4v) is 2.36. The van der Waals surface area contributed by atoms with Crippen molar-refractivity contribution in [1.29, 1.82) is 5.26 Å². The third-order valence-corrected chi connectivity index (χ3v) is 3.59. The minimum absolute atomic E-state index is 0.106. The van der Waals surface area contributed by atoms with Crippen molar-refractivity contribution in [2.75, 3.05) is 7.05 Å². The smallest absolute Gasteiger partial charge is 0.116 e. The van der Waals surface area contributed by atoms with E-state index in [1.165, 1.54) is 5.56 Å². The first-order chi connectivity index (χ1) is 7.19. The summed E-state index contributed by atoms with van der Waals surface area (Å²) >= 11 is 1.73. The molecule has 0 spiro atoms. The Morgan fingerprint density at radius 3 is 2.87 bits per heavy atom. The van der Waals surface area contributed by atoms with E-state index in [4.69, 9.17) is 9.68 Å². The molecule has 4 heteroatoms. The second kappa shape index (κ2) is 5.84. The first-order valence-electron chi connectivity index (χ1n) is 4.90. The summed E-state index contributed by atoms with van der Waals surface area (Å²) in [5.74, 6) is 1.82. The van der Waals surface area contributed by atoms with Crippen LogP contribution in [-0.2, 0) is 5.75 Å². The van der Waals surface area contributed by atoms with E-state index in [1.54, 1.807) is 18.0 Å². The van der Waals surface area contributed by atoms with E-state index < -0.39 is 0 Å². The third kappa shape index (κ3) is 3.29. The predicted molar refractivity (Wildman–Crippen MR) is 62.7 cm³/mol. The molecule has 0 aliphatic carbocycles. The molecular formula is C11H16N2OS. The maximum atomic E-state index is 8.86. The number of furan rings is 1. The summed E-state index contributed by atoms with van der Waals surface area (Å²) in [6, 6.07) is 4.09. The second-order valence-corrected chi connectivity index (χ2v) is 4.80. The number of hydrogen-bond acceptors (Lipinski definition) is 4. The van der Waals surface area contributed by atoms with Crippen molar-refractivity contribution in [3.63, 3.8) is 0 Å². The minimum Gasteiger partial charge on any atom is -0.468 e. The standard InChI is InChI=1S/C11H16N2OS/c1-8-4-5-14-11(8)7-15-9(2)10(6-12)13-3/h4-5,9-10,13H,7H2,1-3H3. The Kier molecular flexibility index (Phi) is 4.73. The van der Waals surface area contributed by atoms with Crippen LogP contribution in [-0.4, -0.2) is 18.3 Å². The van der Waals surface area contributed by atoms with Crippen molar-refractivity contribution < 1.29 is 4.42 Å². The van der Waals surface area contributed by atoms with Gasteiger partial charge in [-0.25, -0.2) is 0 Å². The Morgan fingerprint density at radius 2 is 2.40 bits per heavy atom. The molecule has 2 atom stereocenters. The molecule has 0 aliphatic rings. The quantitative estimate of drug-likeness (QED) is 0.834. The summed E-state index contributed by atoms with van der Waals surface area (Å²) < 4.78 is 5.34. The highest BCUT2D eigenvalue weighted by Gasteiger charge is 2.15. The highest BCUT2D eigenvalue weighted by atomic mass is 32.2. The van der Waals surface area contributed by atoms with E-state index in [0.717, 1.165) is 11.5 Å². The highest BCUT2D eigenvalue weighted by Crippen LogP contribution is 2.22. The number of nitriles is 1. The molecule has 0 radical (unpaired) electrons. The Hall–Kier alpha value is -0.920. The van der Waals surface area contributed by atoms with E-state index in [1.807, 2.05) is 27.0 Å². The van der Waals surface area contributed by atoms with Crippen LogP contribution < -0.4 is 5.32 Å². The summed E-state index contributed by atoms with van der Waals surface area (Å²) in [4.78, 5) is 0. The van der Waals surface area contributed by atoms with Crippen LogP contribution in [0.3, 0.4) is 0 Å². The molecule has 0 aliphatic heterocycles. The lowest BCUT2D eigenvalue weighted by Gasteiger charge is -2.15. The molecule has 0 amide bonds. The van der Waals surface area contributed by atoms with Crippen molar-refractivity contribution >= 4 is 11.8 Å². The zero-order valence-electron chi connectivity index (χ0n) is 9.28. The fourth-order valence-electron chi connectivity index (χ4n) is 1.26. The van der Waals surface area contributed by atoms with E-state index in [9.17, 15) is 0 Å². The van der Waals surface area contributed by atoms with Crippen LogP contribution in [0.25, 0.3) is 0 Å². The summed E-state index contributed by atoms with van der Waals surface area (Å²) in [5, 5.41) is 12.1. The van der Waals surface area contributed by atoms with Crippen LogP contribution in [0.4, 0.5) is 0 Å². The van der Waals surface area contributed by atoms with Gasteiger partial charge in [0.2, 0.25) is 0 Å². The number of rotatable bonds is 5. The lowest BCUT2D eigenvalue weighted by Crippen LogP contribution is -2.32. The van der Waals surface area contributed by atoms with Gasteiger partial charge < -0.3 is 9.73 Å². The van der Waals surface area contributed by atoms with Crippen molar-refractivity contribution in [3.05, 3.63) is 23.7 Å². The molecule has 1 aromatic heterocycles. The molecule has 1 rings (SSSR count). The van der Waals surface area contributed by atoms with Crippen molar-refractivity contribution in [2.24, 2.45) is 0 Å². The number of thioether (sulfide) groups is 1. The van der Waals surface area contributed by atoms with Gasteiger partial charge in [-0.15, -0.1) is 11.8 Å². The monoisotopic (exact) mass is 224 g/mol. The molecule has 3 nitrogen and oxygen atoms in total. The summed E-state index contributed by atoms with van der Waals surface area (Å²) in [7, 11) is 1.81. The van der Waals surface area contributed by atoms with Gasteiger partial charge in [-0.1, -0.05) is 6.92 Å². The van der Waals surface area contributed by atoms with Gasteiger partial charge in [-0.05, 0) is 25.6 Å². The number of nitrogens with one attached hydrogen (secondary N) is 1. The molecule has 1 N–H and O–H groups in total. The number of hydrogen-bond donors (Lipinski definition) is 1. The molecule has 0 bridgehead atoms. The molecule has 1 aromatic rings. The molecule has 0 saturated carbocycles. The average molecular weight is 224 g/mol. The zero-order chi connectivity index (χ0) is 11.3. The first kappa shape index (κ1) is 12.2. The summed E-state index contributed by atoms with van der Waals surface area (Å²) in [6.45, 7) is 4.08. The van der Waals surface area contributed by atoms with Crippen LogP contribution in [0.15, 0.2) is 16.7 Å². The fraction of sp³-hybridized carbons (Fsp3) is 0.545. The molecular weight excluding hydrogens is 208 g/mol. The topological polar surface area (TPSA) is 49.0 Å². The van der Waals surface area contributed by atoms with Crippen molar-refractivity contribution in [2.45, 2.75) is 30.9 Å². The Labute approximate surface area is 94.8 Å². The Morgan fingerprint density at radius 1 is 1.67 bits per heavy atom. The third-order valence-electron chi connectivity index (χ3n) is 2.36. The maximum Gasteiger partial charge on any atom is 0.116 e. The second-order valence-electron chi connectivity index (χ2n) is 3.44. The molecule has 2 unspecified atom stereocenters. The van der Waals surface area contributed by atoms with Crippen LogP contribution in [0.1, 0.15) is 18.2 Å². The number of aryl methyl sites for hydroxylation is 1. The van der Waals surface area contributed by atoms with Gasteiger partial charge in [0.05, 0.1) is 18.1 Å². The van der Waals surface area contributed by atoms with E-state index >= 15 is 0 Å². The molecule has 0 aromatic carbocycles. The van der Waals surface area contributed by atoms with E-state index in [2.05, 4.69) is 11.4 Å². The van der Waals surface area contributed by atoms with Crippen LogP contribution >= 0.6 is 11.8 Å². The minimum atomic E-state index is -0.106. The van der Waals surface area contributed by atoms with E-state index in [0.29, 0.717) is 0 Å². The van der Waals surface area contributed by atoms with Crippen molar-refractivity contribution in [1.82, 2.24) is 5.32 Å². The average Bonchev–Trinajstić information content (AvgIpc) is 2.63. The Bertz CT molecular complexity index is 343. The van der Waals surface area contributed by atoms with Gasteiger partial charge in [0.1, 0.15) is 11.8 Å². The molecule has 0 saturated heterocycles. The lowest BCUT2D eigenvalue weighted by molar-refractivity contribution is 0.527. The highest BCUT2D eigenvalue weighted by molar-refractivity contribution is 7.99. The summed E-state index contributed by atoms with van der Waals surface area (Å²) in [5.41, 5.74) is 1.17. The van der Waals surface area contributed by atoms with Crippen LogP contribution in [0.5, 0.6) is 0 Å². The molecule has 1 heterocycles. The molecule has 0 fully saturated rings. The van der Waals surface area contributed by atoms with Gasteiger partial charge in [-0.3, -0.25) is 0 Å². The van der Waals surface area contributed by atoms with Gasteiger partial charge >= 0.3 is 0 Å². The van der Waals surface area contributed by atoms with Gasteiger partial charge in [0.15, 0.2) is 0 Å². The zero-order valence-corrected chi connectivity index (χ0v) is 10.1. The van der Waals surface area contributed by atoms with Gasteiger partial charge in [0.25, 0.3) is 0 Å². The number of nitrogens with zero attached hydrogens (tertiary/aromatic N) is 1. The van der Waals surface area contributed by atoms with Gasteiger partial charge in [0, 0.05) is 5.25 Å².